The van der Waals surface area contributed by atoms with Gasteiger partial charge < -0.3 is 0 Å². The molecule has 7 nitrogen and oxygen atoms in total. The zero-order chi connectivity index (χ0) is 23.8. The molecule has 0 unspecified atom stereocenters. The highest BCUT2D eigenvalue weighted by Gasteiger charge is 2.17. The Morgan fingerprint density at radius 2 is 1.88 bits per heavy atom. The van der Waals surface area contributed by atoms with Gasteiger partial charge >= 0.3 is 0 Å². The maximum Gasteiger partial charge on any atom is 0.250 e. The number of halogens is 1. The van der Waals surface area contributed by atoms with Gasteiger partial charge in [0.1, 0.15) is 0 Å². The van der Waals surface area contributed by atoms with Gasteiger partial charge in [0.15, 0.2) is 11.0 Å². The van der Waals surface area contributed by atoms with Crippen molar-refractivity contribution in [2.24, 2.45) is 5.10 Å². The van der Waals surface area contributed by atoms with Crippen molar-refractivity contribution < 1.29 is 4.79 Å². The van der Waals surface area contributed by atoms with Crippen LogP contribution < -0.4 is 5.43 Å². The van der Waals surface area contributed by atoms with Crippen molar-refractivity contribution in [3.63, 3.8) is 0 Å². The fourth-order valence-electron chi connectivity index (χ4n) is 3.09. The van der Waals surface area contributed by atoms with Gasteiger partial charge in [-0.25, -0.2) is 5.43 Å². The Balaban J connectivity index is 1.45. The molecule has 9 heteroatoms. The molecule has 0 saturated carbocycles. The summed E-state index contributed by atoms with van der Waals surface area (Å²) in [5, 5.41) is 13.3. The topological polar surface area (TPSA) is 85.1 Å². The normalized spacial score (nSPS) is 11.6. The first-order chi connectivity index (χ1) is 16.6. The molecule has 0 aliphatic heterocycles. The van der Waals surface area contributed by atoms with E-state index in [1.807, 2.05) is 84.3 Å². The summed E-state index contributed by atoms with van der Waals surface area (Å²) in [6.45, 7) is 1.93. The second kappa shape index (κ2) is 11.5. The highest BCUT2D eigenvalue weighted by molar-refractivity contribution is 9.10. The number of hydrogen-bond acceptors (Lipinski definition) is 6. The van der Waals surface area contributed by atoms with Crippen molar-refractivity contribution >= 4 is 45.9 Å². The Labute approximate surface area is 210 Å². The van der Waals surface area contributed by atoms with Crippen LogP contribution in [0.2, 0.25) is 0 Å². The number of nitrogens with one attached hydrogen (secondary N) is 1. The highest BCUT2D eigenvalue weighted by atomic mass is 79.9. The molecule has 4 rings (SSSR count). The minimum absolute atomic E-state index is 0.139. The first kappa shape index (κ1) is 23.6. The van der Waals surface area contributed by atoms with Gasteiger partial charge in [0.05, 0.1) is 12.0 Å². The summed E-state index contributed by atoms with van der Waals surface area (Å²) in [6, 6.07) is 21.5. The Hall–Kier alpha value is -3.56. The number of allylic oxidation sites excluding steroid dienone is 1. The van der Waals surface area contributed by atoms with Gasteiger partial charge in [-0.15, -0.1) is 10.2 Å². The molecule has 34 heavy (non-hydrogen) atoms. The average molecular weight is 533 g/mol. The van der Waals surface area contributed by atoms with E-state index in [9.17, 15) is 4.79 Å². The highest BCUT2D eigenvalue weighted by Crippen LogP contribution is 2.28. The maximum absolute atomic E-state index is 12.4. The van der Waals surface area contributed by atoms with Gasteiger partial charge in [-0.2, -0.15) is 5.10 Å². The monoisotopic (exact) mass is 532 g/mol. The van der Waals surface area contributed by atoms with Crippen LogP contribution in [-0.4, -0.2) is 37.6 Å². The third kappa shape index (κ3) is 6.27. The predicted molar refractivity (Wildman–Crippen MR) is 140 cm³/mol. The second-order valence-electron chi connectivity index (χ2n) is 7.24. The van der Waals surface area contributed by atoms with Crippen LogP contribution in [0.5, 0.6) is 0 Å². The van der Waals surface area contributed by atoms with Crippen molar-refractivity contribution in [2.45, 2.75) is 12.1 Å². The lowest BCUT2D eigenvalue weighted by Crippen LogP contribution is -2.20. The van der Waals surface area contributed by atoms with Crippen LogP contribution in [0, 0.1) is 0 Å². The Bertz CT molecular complexity index is 1300. The van der Waals surface area contributed by atoms with Crippen LogP contribution in [-0.2, 0) is 4.79 Å². The number of hydrazone groups is 1. The molecule has 0 bridgehead atoms. The number of rotatable bonds is 8. The summed E-state index contributed by atoms with van der Waals surface area (Å²) in [6.07, 6.45) is 7.06. The van der Waals surface area contributed by atoms with Crippen molar-refractivity contribution in [3.8, 4) is 17.1 Å². The van der Waals surface area contributed by atoms with Gasteiger partial charge in [0, 0.05) is 28.1 Å². The minimum Gasteiger partial charge on any atom is -0.272 e. The number of amides is 1. The van der Waals surface area contributed by atoms with Crippen molar-refractivity contribution in [1.82, 2.24) is 25.2 Å². The van der Waals surface area contributed by atoms with E-state index in [1.54, 1.807) is 18.6 Å². The number of nitrogens with zero attached hydrogens (tertiary/aromatic N) is 5. The summed E-state index contributed by atoms with van der Waals surface area (Å²) in [5.74, 6) is 0.556. The first-order valence-corrected chi connectivity index (χ1v) is 12.2. The quantitative estimate of drug-likeness (QED) is 0.187. The molecule has 2 aromatic heterocycles. The van der Waals surface area contributed by atoms with Crippen LogP contribution in [0.15, 0.2) is 99.4 Å². The lowest BCUT2D eigenvalue weighted by molar-refractivity contribution is -0.118. The predicted octanol–water partition coefficient (Wildman–Crippen LogP) is 5.39. The smallest absolute Gasteiger partial charge is 0.250 e. The number of benzene rings is 2. The summed E-state index contributed by atoms with van der Waals surface area (Å²) in [5.41, 5.74) is 6.29. The molecule has 170 valence electrons. The van der Waals surface area contributed by atoms with E-state index in [-0.39, 0.29) is 11.7 Å². The number of carbonyl (C=O) groups excluding carboxylic acids is 1. The molecular formula is C25H21BrN6OS. The molecule has 2 heterocycles. The molecule has 1 amide bonds. The van der Waals surface area contributed by atoms with E-state index in [2.05, 4.69) is 41.6 Å². The standard InChI is InChI=1S/C25H21BrN6OS/c1-18(14-19-6-3-2-4-7-19)15-28-29-23(33)17-34-25-31-30-24(20-8-5-13-27-16-20)32(25)22-11-9-21(26)10-12-22/h2-16H,17H2,1H3,(H,29,33). The minimum atomic E-state index is -0.234. The second-order valence-corrected chi connectivity index (χ2v) is 9.10. The first-order valence-electron chi connectivity index (χ1n) is 10.4. The summed E-state index contributed by atoms with van der Waals surface area (Å²) in [7, 11) is 0. The molecule has 0 spiro atoms. The van der Waals surface area contributed by atoms with Crippen molar-refractivity contribution in [2.75, 3.05) is 5.75 Å². The summed E-state index contributed by atoms with van der Waals surface area (Å²) < 4.78 is 2.88. The number of carbonyl (C=O) groups is 1. The lowest BCUT2D eigenvalue weighted by atomic mass is 10.1. The largest absolute Gasteiger partial charge is 0.272 e. The molecule has 2 aromatic carbocycles. The van der Waals surface area contributed by atoms with Crippen LogP contribution in [0.25, 0.3) is 23.2 Å². The van der Waals surface area contributed by atoms with Crippen LogP contribution in [0.4, 0.5) is 0 Å². The van der Waals surface area contributed by atoms with Crippen molar-refractivity contribution in [3.05, 3.63) is 94.7 Å². The summed E-state index contributed by atoms with van der Waals surface area (Å²) in [4.78, 5) is 16.6. The molecule has 0 aliphatic rings. The molecule has 0 fully saturated rings. The van der Waals surface area contributed by atoms with E-state index in [0.717, 1.165) is 26.9 Å². The molecule has 0 aliphatic carbocycles. The molecule has 4 aromatic rings. The molecule has 0 atom stereocenters. The van der Waals surface area contributed by atoms with E-state index in [0.29, 0.717) is 11.0 Å². The summed E-state index contributed by atoms with van der Waals surface area (Å²) >= 11 is 4.75. The Morgan fingerprint density at radius 3 is 2.62 bits per heavy atom. The molecule has 0 saturated heterocycles. The SMILES string of the molecule is CC(C=NNC(=O)CSc1nnc(-c2cccnc2)n1-c1ccc(Br)cc1)=Cc1ccccc1. The zero-order valence-corrected chi connectivity index (χ0v) is 20.7. The Morgan fingerprint density at radius 1 is 1.09 bits per heavy atom. The van der Waals surface area contributed by atoms with E-state index in [4.69, 9.17) is 0 Å². The number of pyridine rings is 1. The zero-order valence-electron chi connectivity index (χ0n) is 18.3. The molecular weight excluding hydrogens is 512 g/mol. The van der Waals surface area contributed by atoms with E-state index in [1.165, 1.54) is 11.8 Å². The van der Waals surface area contributed by atoms with Gasteiger partial charge in [0.25, 0.3) is 5.91 Å². The van der Waals surface area contributed by atoms with Crippen LogP contribution in [0.1, 0.15) is 12.5 Å². The fourth-order valence-corrected chi connectivity index (χ4v) is 4.09. The van der Waals surface area contributed by atoms with Gasteiger partial charge in [-0.1, -0.05) is 64.1 Å². The van der Waals surface area contributed by atoms with E-state index >= 15 is 0 Å². The Kier molecular flexibility index (Phi) is 8.00. The fraction of sp³-hybridized carbons (Fsp3) is 0.0800. The lowest BCUT2D eigenvalue weighted by Gasteiger charge is -2.10. The average Bonchev–Trinajstić information content (AvgIpc) is 3.28. The van der Waals surface area contributed by atoms with E-state index < -0.39 is 0 Å². The number of aromatic nitrogens is 4. The maximum atomic E-state index is 12.4. The number of hydrogen-bond donors (Lipinski definition) is 1. The van der Waals surface area contributed by atoms with Gasteiger partial charge in [-0.3, -0.25) is 14.3 Å². The van der Waals surface area contributed by atoms with Gasteiger partial charge in [0.2, 0.25) is 0 Å². The van der Waals surface area contributed by atoms with Crippen LogP contribution in [0.3, 0.4) is 0 Å². The molecule has 1 N–H and O–H groups in total. The molecule has 0 radical (unpaired) electrons. The van der Waals surface area contributed by atoms with Crippen LogP contribution >= 0.6 is 27.7 Å². The number of thioether (sulfide) groups is 1. The van der Waals surface area contributed by atoms with Gasteiger partial charge in [-0.05, 0) is 54.5 Å². The third-order valence-corrected chi connectivity index (χ3v) is 6.08. The van der Waals surface area contributed by atoms with Crippen molar-refractivity contribution in [1.29, 1.82) is 0 Å². The third-order valence-electron chi connectivity index (χ3n) is 4.62.